The Morgan fingerprint density at radius 1 is 1.09 bits per heavy atom. The molecule has 1 aromatic heterocycles. The first-order chi connectivity index (χ1) is 22.0. The van der Waals surface area contributed by atoms with Crippen LogP contribution < -0.4 is 0 Å². The Labute approximate surface area is 271 Å². The number of aromatic nitrogens is 1. The van der Waals surface area contributed by atoms with E-state index in [0.717, 1.165) is 43.2 Å². The van der Waals surface area contributed by atoms with Gasteiger partial charge in [-0.15, -0.1) is 0 Å². The number of pyridine rings is 1. The predicted octanol–water partition coefficient (Wildman–Crippen LogP) is 3.90. The van der Waals surface area contributed by atoms with Crippen LogP contribution in [-0.4, -0.2) is 88.1 Å². The number of nitrogens with zero attached hydrogens (tertiary/aromatic N) is 2. The van der Waals surface area contributed by atoms with Crippen molar-refractivity contribution in [2.24, 2.45) is 33.6 Å². The molecule has 46 heavy (non-hydrogen) atoms. The van der Waals surface area contributed by atoms with Crippen molar-refractivity contribution in [3.05, 3.63) is 41.7 Å². The van der Waals surface area contributed by atoms with Crippen LogP contribution in [0, 0.1) is 28.6 Å². The number of fused-ring (bicyclic) bond motifs is 5. The molecule has 4 saturated carbocycles. The molecule has 7 rings (SSSR count). The molecule has 4 aliphatic carbocycles. The van der Waals surface area contributed by atoms with E-state index in [9.17, 15) is 20.1 Å². The number of carbonyl (C=O) groups is 1. The lowest BCUT2D eigenvalue weighted by atomic mass is 9.41. The third-order valence-corrected chi connectivity index (χ3v) is 13.3. The topological polar surface area (TPSA) is 140 Å². The van der Waals surface area contributed by atoms with Gasteiger partial charge in [-0.3, -0.25) is 9.98 Å². The largest absolute Gasteiger partial charge is 0.458 e. The number of hydrogen-bond acceptors (Lipinski definition) is 10. The van der Waals surface area contributed by atoms with Gasteiger partial charge in [0.15, 0.2) is 6.29 Å². The van der Waals surface area contributed by atoms with E-state index >= 15 is 0 Å². The highest BCUT2D eigenvalue weighted by Gasteiger charge is 2.71. The molecule has 0 spiro atoms. The first kappa shape index (κ1) is 32.3. The van der Waals surface area contributed by atoms with Crippen LogP contribution in [0.25, 0.3) is 0 Å². The maximum absolute atomic E-state index is 12.8. The van der Waals surface area contributed by atoms with E-state index in [1.807, 2.05) is 19.1 Å². The van der Waals surface area contributed by atoms with Gasteiger partial charge in [-0.05, 0) is 99.3 Å². The van der Waals surface area contributed by atoms with Crippen LogP contribution in [0.4, 0.5) is 0 Å². The maximum Gasteiger partial charge on any atom is 0.331 e. The van der Waals surface area contributed by atoms with Crippen molar-refractivity contribution in [2.45, 2.75) is 127 Å². The fourth-order valence-electron chi connectivity index (χ4n) is 10.8. The van der Waals surface area contributed by atoms with Crippen molar-refractivity contribution in [3.8, 4) is 0 Å². The van der Waals surface area contributed by atoms with E-state index in [1.165, 1.54) is 0 Å². The Balaban J connectivity index is 1.17. The van der Waals surface area contributed by atoms with Gasteiger partial charge in [0.1, 0.15) is 12.7 Å². The molecule has 0 amide bonds. The van der Waals surface area contributed by atoms with Crippen molar-refractivity contribution in [1.82, 2.24) is 4.98 Å². The lowest BCUT2D eigenvalue weighted by Crippen LogP contribution is -2.69. The number of aliphatic imine (C=N–C) groups is 1. The summed E-state index contributed by atoms with van der Waals surface area (Å²) in [5, 5.41) is 36.0. The zero-order valence-electron chi connectivity index (χ0n) is 27.3. The van der Waals surface area contributed by atoms with E-state index in [0.29, 0.717) is 45.3 Å². The van der Waals surface area contributed by atoms with Crippen molar-refractivity contribution in [3.63, 3.8) is 0 Å². The Hall–Kier alpha value is -2.21. The second-order valence-electron chi connectivity index (χ2n) is 15.2. The van der Waals surface area contributed by atoms with Crippen LogP contribution in [0.3, 0.4) is 0 Å². The van der Waals surface area contributed by atoms with Crippen LogP contribution >= 0.6 is 0 Å². The van der Waals surface area contributed by atoms with Crippen molar-refractivity contribution < 1.29 is 39.1 Å². The average Bonchev–Trinajstić information content (AvgIpc) is 3.58. The summed E-state index contributed by atoms with van der Waals surface area (Å²) in [7, 11) is 1.60. The van der Waals surface area contributed by atoms with Crippen LogP contribution in [0.5, 0.6) is 0 Å². The molecule has 6 aliphatic rings. The zero-order chi connectivity index (χ0) is 32.3. The molecule has 3 N–H and O–H groups in total. The van der Waals surface area contributed by atoms with E-state index in [-0.39, 0.29) is 41.3 Å². The van der Waals surface area contributed by atoms with E-state index in [4.69, 9.17) is 23.9 Å². The number of cyclic esters (lactones) is 1. The highest BCUT2D eigenvalue weighted by molar-refractivity contribution is 5.85. The van der Waals surface area contributed by atoms with Crippen molar-refractivity contribution >= 4 is 12.2 Å². The van der Waals surface area contributed by atoms with Gasteiger partial charge < -0.3 is 34.3 Å². The molecule has 0 aromatic carbocycles. The summed E-state index contributed by atoms with van der Waals surface area (Å²) in [6.45, 7) is 4.87. The molecule has 252 valence electrons. The number of aliphatic hydroxyl groups excluding tert-OH is 1. The van der Waals surface area contributed by atoms with Gasteiger partial charge in [0, 0.05) is 55.5 Å². The molecule has 12 atom stereocenters. The number of hydrogen-bond donors (Lipinski definition) is 3. The van der Waals surface area contributed by atoms with Gasteiger partial charge in [0.2, 0.25) is 0 Å². The molecule has 3 heterocycles. The van der Waals surface area contributed by atoms with Crippen LogP contribution in [-0.2, 0) is 30.3 Å². The summed E-state index contributed by atoms with van der Waals surface area (Å²) in [6.07, 6.45) is 11.8. The van der Waals surface area contributed by atoms with Crippen LogP contribution in [0.15, 0.2) is 41.2 Å². The van der Waals surface area contributed by atoms with E-state index < -0.39 is 35.1 Å². The number of ether oxygens (including phenoxy) is 4. The molecule has 10 heteroatoms. The van der Waals surface area contributed by atoms with Crippen LogP contribution in [0.1, 0.15) is 83.6 Å². The molecule has 1 aromatic rings. The number of esters is 1. The fourth-order valence-corrected chi connectivity index (χ4v) is 10.8. The first-order valence-corrected chi connectivity index (χ1v) is 17.3. The summed E-state index contributed by atoms with van der Waals surface area (Å²) >= 11 is 0. The summed E-state index contributed by atoms with van der Waals surface area (Å²) in [6, 6.07) is 3.93. The Morgan fingerprint density at radius 3 is 2.61 bits per heavy atom. The Kier molecular flexibility index (Phi) is 8.46. The number of methoxy groups -OCH3 is 1. The van der Waals surface area contributed by atoms with Crippen molar-refractivity contribution in [2.75, 3.05) is 13.7 Å². The summed E-state index contributed by atoms with van der Waals surface area (Å²) in [5.74, 6) is -0.111. The molecule has 0 bridgehead atoms. The normalized spacial score (nSPS) is 47.2. The van der Waals surface area contributed by atoms with Gasteiger partial charge in [0.05, 0.1) is 36.1 Å². The molecule has 2 aliphatic heterocycles. The lowest BCUT2D eigenvalue weighted by Gasteiger charge is -2.66. The average molecular weight is 639 g/mol. The lowest BCUT2D eigenvalue weighted by molar-refractivity contribution is -0.284. The smallest absolute Gasteiger partial charge is 0.331 e. The minimum atomic E-state index is -1.06. The quantitative estimate of drug-likeness (QED) is 0.231. The summed E-state index contributed by atoms with van der Waals surface area (Å²) in [5.41, 5.74) is -0.871. The van der Waals surface area contributed by atoms with Crippen molar-refractivity contribution in [1.29, 1.82) is 0 Å². The number of rotatable bonds is 7. The number of aliphatic hydroxyl groups is 3. The monoisotopic (exact) mass is 638 g/mol. The third-order valence-electron chi connectivity index (χ3n) is 13.3. The minimum absolute atomic E-state index is 0.00599. The highest BCUT2D eigenvalue weighted by atomic mass is 16.7. The SMILES string of the molecule is CO[C@@H]1C[C@H](O[C@H]2CC[C@@]3(C=NCc4ccncc4)[C@@H]4CC[C@@]5(C)[C@H](C6=CC(=O)OC6)CC[C@]5(O)[C@@H]4CC[C@]3(O)C2)O[C@H](C)[C@@H]1O. The third kappa shape index (κ3) is 5.10. The Morgan fingerprint density at radius 2 is 1.87 bits per heavy atom. The molecule has 10 nitrogen and oxygen atoms in total. The maximum atomic E-state index is 12.8. The predicted molar refractivity (Wildman–Crippen MR) is 169 cm³/mol. The minimum Gasteiger partial charge on any atom is -0.458 e. The second-order valence-corrected chi connectivity index (χ2v) is 15.2. The molecule has 1 saturated heterocycles. The first-order valence-electron chi connectivity index (χ1n) is 17.3. The molecule has 5 fully saturated rings. The molecular weight excluding hydrogens is 588 g/mol. The zero-order valence-corrected chi connectivity index (χ0v) is 27.3. The molecule has 0 unspecified atom stereocenters. The highest BCUT2D eigenvalue weighted by Crippen LogP contribution is 2.70. The van der Waals surface area contributed by atoms with Gasteiger partial charge in [0.25, 0.3) is 0 Å². The second kappa shape index (κ2) is 12.0. The van der Waals surface area contributed by atoms with Gasteiger partial charge in [-0.2, -0.15) is 0 Å². The molecule has 0 radical (unpaired) electrons. The fraction of sp³-hybridized carbons (Fsp3) is 0.750. The summed E-state index contributed by atoms with van der Waals surface area (Å²) in [4.78, 5) is 21.1. The molecular formula is C36H50N2O8. The van der Waals surface area contributed by atoms with Gasteiger partial charge in [-0.1, -0.05) is 6.92 Å². The van der Waals surface area contributed by atoms with E-state index in [1.54, 1.807) is 25.6 Å². The Bertz CT molecular complexity index is 1360. The standard InChI is InChI=1S/C36H50N2O8/c1-22-32(40)29(43-3)17-31(45-22)46-25-4-11-34(21-38-19-23-8-14-37-15-9-23)27-5-10-33(2)26(24-16-30(39)44-20-24)7-13-36(33,42)28(27)6-12-35(34,41)18-25/h8-9,14-16,21-22,25-29,31-32,40-42H,4-7,10-13,17-20H2,1-3H3/t22-,25+,26+,27-,28-,29-,31+,32+,33+,34-,35+,36+/m1/s1. The van der Waals surface area contributed by atoms with Crippen LogP contribution in [0.2, 0.25) is 0 Å². The van der Waals surface area contributed by atoms with Gasteiger partial charge >= 0.3 is 5.97 Å². The summed E-state index contributed by atoms with van der Waals surface area (Å²) < 4.78 is 23.4. The van der Waals surface area contributed by atoms with Gasteiger partial charge in [-0.25, -0.2) is 4.79 Å². The van der Waals surface area contributed by atoms with E-state index in [2.05, 4.69) is 18.1 Å². The number of carbonyl (C=O) groups excluding carboxylic acids is 1.